The fraction of sp³-hybridized carbons (Fsp3) is 0.174. The summed E-state index contributed by atoms with van der Waals surface area (Å²) in [6, 6.07) is 14.6. The van der Waals surface area contributed by atoms with Crippen molar-refractivity contribution in [3.8, 4) is 11.6 Å². The van der Waals surface area contributed by atoms with Crippen LogP contribution in [-0.4, -0.2) is 23.1 Å². The molecule has 1 aromatic heterocycles. The first-order valence-electron chi connectivity index (χ1n) is 9.41. The van der Waals surface area contributed by atoms with E-state index in [1.807, 2.05) is 26.0 Å². The number of esters is 1. The number of hydrogen-bond acceptors (Lipinski definition) is 5. The molecule has 1 amide bonds. The number of aromatic nitrogens is 1. The Morgan fingerprint density at radius 2 is 1.52 bits per heavy atom. The first kappa shape index (κ1) is 24.4. The Bertz CT molecular complexity index is 1150. The van der Waals surface area contributed by atoms with Crippen molar-refractivity contribution in [2.75, 3.05) is 11.9 Å². The van der Waals surface area contributed by atoms with Crippen molar-refractivity contribution in [2.24, 2.45) is 0 Å². The van der Waals surface area contributed by atoms with E-state index in [9.17, 15) is 19.5 Å². The maximum atomic E-state index is 13.0. The van der Waals surface area contributed by atoms with Crippen LogP contribution in [0, 0.1) is 13.8 Å². The van der Waals surface area contributed by atoms with Crippen molar-refractivity contribution in [1.82, 2.24) is 4.57 Å². The van der Waals surface area contributed by atoms with Crippen LogP contribution in [0.25, 0.3) is 5.69 Å². The molecule has 3 aromatic rings. The van der Waals surface area contributed by atoms with Crippen molar-refractivity contribution >= 4 is 17.6 Å². The second-order valence-electron chi connectivity index (χ2n) is 6.79. The number of amides is 1. The van der Waals surface area contributed by atoms with Crippen LogP contribution in [0.5, 0.6) is 5.88 Å². The molecule has 3 rings (SSSR count). The van der Waals surface area contributed by atoms with Gasteiger partial charge in [-0.1, -0.05) is 35.4 Å². The molecule has 0 radical (unpaired) electrons. The Kier molecular flexibility index (Phi) is 8.21. The first-order valence-corrected chi connectivity index (χ1v) is 9.41. The summed E-state index contributed by atoms with van der Waals surface area (Å²) >= 11 is 0. The molecular formula is C23H21N2NaO5. The van der Waals surface area contributed by atoms with E-state index in [1.165, 1.54) is 0 Å². The van der Waals surface area contributed by atoms with E-state index < -0.39 is 23.3 Å². The van der Waals surface area contributed by atoms with Crippen LogP contribution >= 0.6 is 0 Å². The van der Waals surface area contributed by atoms with Crippen LogP contribution in [-0.2, 0) is 4.74 Å². The van der Waals surface area contributed by atoms with E-state index in [0.717, 1.165) is 21.8 Å². The molecular weight excluding hydrogens is 407 g/mol. The zero-order chi connectivity index (χ0) is 21.8. The molecule has 2 aromatic carbocycles. The summed E-state index contributed by atoms with van der Waals surface area (Å²) in [6.45, 7) is 5.42. The van der Waals surface area contributed by atoms with Gasteiger partial charge in [-0.25, -0.2) is 4.79 Å². The van der Waals surface area contributed by atoms with Gasteiger partial charge in [-0.3, -0.25) is 14.2 Å². The predicted octanol–water partition coefficient (Wildman–Crippen LogP) is -0.0391. The molecule has 0 aliphatic carbocycles. The Hall–Kier alpha value is -2.87. The zero-order valence-corrected chi connectivity index (χ0v) is 19.9. The van der Waals surface area contributed by atoms with E-state index in [0.29, 0.717) is 5.69 Å². The number of ether oxygens (including phenoxy) is 1. The summed E-state index contributed by atoms with van der Waals surface area (Å²) in [4.78, 5) is 38.0. The number of anilines is 1. The molecule has 1 N–H and O–H groups in total. The molecule has 154 valence electrons. The summed E-state index contributed by atoms with van der Waals surface area (Å²) < 4.78 is 5.75. The van der Waals surface area contributed by atoms with Crippen molar-refractivity contribution in [3.63, 3.8) is 0 Å². The van der Waals surface area contributed by atoms with E-state index in [4.69, 9.17) is 4.74 Å². The molecule has 0 unspecified atom stereocenters. The number of pyridine rings is 1. The minimum atomic E-state index is -0.896. The molecule has 0 aliphatic heterocycles. The maximum Gasteiger partial charge on any atom is 1.00 e. The summed E-state index contributed by atoms with van der Waals surface area (Å²) in [6.07, 6.45) is 0. The summed E-state index contributed by atoms with van der Waals surface area (Å²) in [5, 5.41) is 15.7. The van der Waals surface area contributed by atoms with Crippen LogP contribution in [0.2, 0.25) is 0 Å². The van der Waals surface area contributed by atoms with E-state index >= 15 is 0 Å². The number of nitrogens with one attached hydrogen (secondary N) is 1. The number of benzene rings is 2. The van der Waals surface area contributed by atoms with Gasteiger partial charge in [0.05, 0.1) is 6.61 Å². The Balaban J connectivity index is 0.00000341. The number of hydrogen-bond donors (Lipinski definition) is 1. The topological polar surface area (TPSA) is 100 Å². The van der Waals surface area contributed by atoms with E-state index in [2.05, 4.69) is 5.32 Å². The minimum Gasteiger partial charge on any atom is -0.859 e. The summed E-state index contributed by atoms with van der Waals surface area (Å²) in [7, 11) is 0. The molecule has 7 nitrogen and oxygen atoms in total. The van der Waals surface area contributed by atoms with Gasteiger partial charge in [0, 0.05) is 16.9 Å². The second-order valence-corrected chi connectivity index (χ2v) is 6.79. The molecule has 8 heteroatoms. The van der Waals surface area contributed by atoms with Crippen molar-refractivity contribution < 1.29 is 49.0 Å². The third-order valence-corrected chi connectivity index (χ3v) is 4.50. The van der Waals surface area contributed by atoms with Gasteiger partial charge in [0.2, 0.25) is 0 Å². The molecule has 0 fully saturated rings. The van der Waals surface area contributed by atoms with Crippen LogP contribution < -0.4 is 45.5 Å². The third-order valence-electron chi connectivity index (χ3n) is 4.50. The summed E-state index contributed by atoms with van der Waals surface area (Å²) in [5.74, 6) is -2.44. The quantitative estimate of drug-likeness (QED) is 0.454. The zero-order valence-electron chi connectivity index (χ0n) is 17.9. The Morgan fingerprint density at radius 3 is 2.06 bits per heavy atom. The average Bonchev–Trinajstić information content (AvgIpc) is 2.71. The van der Waals surface area contributed by atoms with Crippen LogP contribution in [0.3, 0.4) is 0 Å². The monoisotopic (exact) mass is 428 g/mol. The molecule has 0 bridgehead atoms. The summed E-state index contributed by atoms with van der Waals surface area (Å²) in [5.41, 5.74) is 1.12. The molecule has 0 saturated heterocycles. The smallest absolute Gasteiger partial charge is 0.859 e. The molecule has 0 aliphatic rings. The van der Waals surface area contributed by atoms with Crippen molar-refractivity contribution in [1.29, 1.82) is 0 Å². The van der Waals surface area contributed by atoms with Gasteiger partial charge < -0.3 is 15.2 Å². The fourth-order valence-corrected chi connectivity index (χ4v) is 2.88. The number of carbonyl (C=O) groups is 2. The first-order chi connectivity index (χ1) is 14.3. The van der Waals surface area contributed by atoms with E-state index in [-0.39, 0.29) is 53.0 Å². The molecule has 31 heavy (non-hydrogen) atoms. The number of rotatable bonds is 5. The molecule has 0 atom stereocenters. The van der Waals surface area contributed by atoms with E-state index in [1.54, 1.807) is 43.3 Å². The van der Waals surface area contributed by atoms with Gasteiger partial charge in [-0.2, -0.15) is 0 Å². The van der Waals surface area contributed by atoms with Crippen LogP contribution in [0.4, 0.5) is 5.69 Å². The standard InChI is InChI=1S/C23H22N2O5.Na/c1-4-30-23(29)19-13-18(20(26)24-16-9-5-14(2)6-10-16)21(27)25(22(19)28)17-11-7-15(3)8-12-17;/h5-13,27H,4H2,1-3H3,(H,24,26);/q;+1/p-1. The van der Waals surface area contributed by atoms with Crippen molar-refractivity contribution in [2.45, 2.75) is 20.8 Å². The van der Waals surface area contributed by atoms with Crippen molar-refractivity contribution in [3.05, 3.63) is 87.2 Å². The van der Waals surface area contributed by atoms with Gasteiger partial charge in [0.15, 0.2) is 0 Å². The molecule has 0 saturated carbocycles. The van der Waals surface area contributed by atoms with Gasteiger partial charge >= 0.3 is 35.5 Å². The molecule has 1 heterocycles. The average molecular weight is 428 g/mol. The van der Waals surface area contributed by atoms with Gasteiger partial charge in [0.25, 0.3) is 11.5 Å². The SMILES string of the molecule is CCOC(=O)c1cc(C(=O)Nc2ccc(C)cc2)c([O-])n(-c2ccc(C)cc2)c1=O.[Na+]. The van der Waals surface area contributed by atoms with Crippen LogP contribution in [0.15, 0.2) is 59.4 Å². The predicted molar refractivity (Wildman–Crippen MR) is 111 cm³/mol. The normalized spacial score (nSPS) is 10.2. The van der Waals surface area contributed by atoms with Gasteiger partial charge in [-0.05, 0) is 57.0 Å². The minimum absolute atomic E-state index is 0. The van der Waals surface area contributed by atoms with Crippen LogP contribution in [0.1, 0.15) is 38.8 Å². The number of aryl methyl sites for hydroxylation is 2. The number of nitrogens with zero attached hydrogens (tertiary/aromatic N) is 1. The van der Waals surface area contributed by atoms with Gasteiger partial charge in [-0.15, -0.1) is 0 Å². The Morgan fingerprint density at radius 1 is 0.968 bits per heavy atom. The van der Waals surface area contributed by atoms with Gasteiger partial charge in [0.1, 0.15) is 5.56 Å². The fourth-order valence-electron chi connectivity index (χ4n) is 2.88. The Labute approximate surface area is 202 Å². The second kappa shape index (κ2) is 10.4. The maximum absolute atomic E-state index is 13.0. The largest absolute Gasteiger partial charge is 1.00 e. The third kappa shape index (κ3) is 5.44. The molecule has 0 spiro atoms. The number of carbonyl (C=O) groups excluding carboxylic acids is 2.